The van der Waals surface area contributed by atoms with Crippen LogP contribution in [0.25, 0.3) is 0 Å². The zero-order chi connectivity index (χ0) is 5.35. The van der Waals surface area contributed by atoms with Crippen LogP contribution in [0.1, 0.15) is 13.3 Å². The predicted octanol–water partition coefficient (Wildman–Crippen LogP) is 1.83. The van der Waals surface area contributed by atoms with E-state index in [1.165, 1.54) is 6.42 Å². The van der Waals surface area contributed by atoms with E-state index in [0.717, 1.165) is 23.2 Å². The molecular weight excluding hydrogens is 96.1 g/mol. The number of allylic oxidation sites excluding steroid dienone is 2. The highest BCUT2D eigenvalue weighted by molar-refractivity contribution is 5.38. The summed E-state index contributed by atoms with van der Waals surface area (Å²) in [6.45, 7) is 2.44. The zero-order valence-corrected chi connectivity index (χ0v) is 5.09. The Morgan fingerprint density at radius 3 is 2.62 bits per heavy atom. The van der Waals surface area contributed by atoms with E-state index < -0.39 is 0 Å². The number of fused-ring (bicyclic) bond motifs is 2. The molecule has 2 fully saturated rings. The van der Waals surface area contributed by atoms with Crippen LogP contribution in [0.15, 0.2) is 12.2 Å². The summed E-state index contributed by atoms with van der Waals surface area (Å²) in [6.07, 6.45) is 6.17. The average Bonchev–Trinajstić information content (AvgIpc) is 2.60. The monoisotopic (exact) mass is 106 g/mol. The normalized spacial score (nSPS) is 71.9. The minimum absolute atomic E-state index is 0.842. The fourth-order valence-corrected chi connectivity index (χ4v) is 2.74. The van der Waals surface area contributed by atoms with Crippen LogP contribution in [-0.2, 0) is 0 Å². The van der Waals surface area contributed by atoms with E-state index in [0.29, 0.717) is 0 Å². The molecule has 0 heteroatoms. The van der Waals surface area contributed by atoms with E-state index in [2.05, 4.69) is 19.1 Å². The second-order valence-electron chi connectivity index (χ2n) is 3.69. The summed E-state index contributed by atoms with van der Waals surface area (Å²) < 4.78 is 0. The van der Waals surface area contributed by atoms with Crippen molar-refractivity contribution in [1.29, 1.82) is 0 Å². The summed E-state index contributed by atoms with van der Waals surface area (Å²) >= 11 is 0. The molecule has 0 N–H and O–H groups in total. The van der Waals surface area contributed by atoms with Gasteiger partial charge in [-0.05, 0) is 29.6 Å². The van der Waals surface area contributed by atoms with E-state index in [4.69, 9.17) is 0 Å². The van der Waals surface area contributed by atoms with Crippen molar-refractivity contribution in [2.75, 3.05) is 0 Å². The molecule has 42 valence electrons. The third-order valence-electron chi connectivity index (χ3n) is 3.57. The Balaban J connectivity index is 2.12. The van der Waals surface area contributed by atoms with Gasteiger partial charge in [-0.1, -0.05) is 19.1 Å². The van der Waals surface area contributed by atoms with Crippen LogP contribution in [0.3, 0.4) is 0 Å². The third-order valence-corrected chi connectivity index (χ3v) is 3.57. The van der Waals surface area contributed by atoms with Gasteiger partial charge in [0.25, 0.3) is 0 Å². The highest BCUT2D eigenvalue weighted by Gasteiger charge is 2.82. The van der Waals surface area contributed by atoms with Crippen LogP contribution in [0.2, 0.25) is 0 Å². The smallest absolute Gasteiger partial charge is 0.0137 e. The molecule has 3 aliphatic carbocycles. The molecule has 0 radical (unpaired) electrons. The molecule has 0 aromatic rings. The Kier molecular flexibility index (Phi) is 0.327. The SMILES string of the molecule is CC12C3C=CCC1C32. The lowest BCUT2D eigenvalue weighted by molar-refractivity contribution is 0.430. The van der Waals surface area contributed by atoms with Gasteiger partial charge in [-0.25, -0.2) is 0 Å². The van der Waals surface area contributed by atoms with Crippen molar-refractivity contribution in [3.8, 4) is 0 Å². The summed E-state index contributed by atoms with van der Waals surface area (Å²) in [5, 5.41) is 0. The van der Waals surface area contributed by atoms with Gasteiger partial charge in [0.05, 0.1) is 0 Å². The predicted molar refractivity (Wildman–Crippen MR) is 32.3 cm³/mol. The molecule has 0 amide bonds. The Bertz CT molecular complexity index is 174. The van der Waals surface area contributed by atoms with Crippen molar-refractivity contribution in [1.82, 2.24) is 0 Å². The minimum Gasteiger partial charge on any atom is -0.0879 e. The molecule has 3 rings (SSSR count). The second-order valence-corrected chi connectivity index (χ2v) is 3.69. The van der Waals surface area contributed by atoms with Crippen molar-refractivity contribution < 1.29 is 0 Å². The quantitative estimate of drug-likeness (QED) is 0.413. The fourth-order valence-electron chi connectivity index (χ4n) is 2.74. The molecule has 0 aromatic heterocycles. The van der Waals surface area contributed by atoms with Crippen molar-refractivity contribution in [3.63, 3.8) is 0 Å². The molecule has 0 nitrogen and oxygen atoms in total. The Hall–Kier alpha value is -0.260. The molecule has 8 heavy (non-hydrogen) atoms. The van der Waals surface area contributed by atoms with E-state index in [1.807, 2.05) is 0 Å². The van der Waals surface area contributed by atoms with E-state index >= 15 is 0 Å². The van der Waals surface area contributed by atoms with Gasteiger partial charge in [0.2, 0.25) is 0 Å². The molecule has 0 aliphatic heterocycles. The molecule has 0 heterocycles. The third kappa shape index (κ3) is 0.168. The standard InChI is InChI=1S/C8H10/c1-8-5-3-2-4-6(8)7(5)8/h2-3,5-7H,4H2,1H3. The minimum atomic E-state index is 0.842. The summed E-state index contributed by atoms with van der Waals surface area (Å²) in [5.74, 6) is 3.30. The molecular formula is C8H10. The maximum absolute atomic E-state index is 2.44. The highest BCUT2D eigenvalue weighted by Crippen LogP contribution is 2.86. The van der Waals surface area contributed by atoms with Gasteiger partial charge in [0.1, 0.15) is 0 Å². The summed E-state index contributed by atoms with van der Waals surface area (Å²) in [7, 11) is 0. The van der Waals surface area contributed by atoms with Crippen molar-refractivity contribution in [2.24, 2.45) is 23.2 Å². The zero-order valence-electron chi connectivity index (χ0n) is 5.09. The molecule has 0 saturated heterocycles. The van der Waals surface area contributed by atoms with Gasteiger partial charge in [-0.2, -0.15) is 0 Å². The Morgan fingerprint density at radius 1 is 1.62 bits per heavy atom. The average molecular weight is 106 g/mol. The molecule has 4 atom stereocenters. The van der Waals surface area contributed by atoms with Gasteiger partial charge in [-0.15, -0.1) is 0 Å². The molecule has 2 saturated carbocycles. The molecule has 0 spiro atoms. The number of hydrogen-bond acceptors (Lipinski definition) is 0. The first-order valence-electron chi connectivity index (χ1n) is 3.52. The van der Waals surface area contributed by atoms with E-state index in [-0.39, 0.29) is 0 Å². The van der Waals surface area contributed by atoms with Crippen LogP contribution >= 0.6 is 0 Å². The summed E-state index contributed by atoms with van der Waals surface area (Å²) in [4.78, 5) is 0. The largest absolute Gasteiger partial charge is 0.0879 e. The Morgan fingerprint density at radius 2 is 2.38 bits per heavy atom. The topological polar surface area (TPSA) is 0 Å². The Labute approximate surface area is 49.6 Å². The van der Waals surface area contributed by atoms with E-state index in [9.17, 15) is 0 Å². The highest BCUT2D eigenvalue weighted by atomic mass is 14.9. The lowest BCUT2D eigenvalue weighted by atomic mass is 9.89. The number of rotatable bonds is 0. The summed E-state index contributed by atoms with van der Waals surface area (Å²) in [6, 6.07) is 0. The van der Waals surface area contributed by atoms with Gasteiger partial charge in [0, 0.05) is 0 Å². The lowest BCUT2D eigenvalue weighted by Gasteiger charge is -2.15. The fraction of sp³-hybridized carbons (Fsp3) is 0.750. The van der Waals surface area contributed by atoms with Crippen molar-refractivity contribution in [2.45, 2.75) is 13.3 Å². The van der Waals surface area contributed by atoms with Crippen molar-refractivity contribution in [3.05, 3.63) is 12.2 Å². The van der Waals surface area contributed by atoms with Crippen LogP contribution in [-0.4, -0.2) is 0 Å². The lowest BCUT2D eigenvalue weighted by Crippen LogP contribution is -2.07. The maximum atomic E-state index is 2.44. The first kappa shape index (κ1) is 3.71. The van der Waals surface area contributed by atoms with Gasteiger partial charge in [0.15, 0.2) is 0 Å². The molecule has 0 bridgehead atoms. The molecule has 4 unspecified atom stereocenters. The first-order chi connectivity index (χ1) is 3.85. The van der Waals surface area contributed by atoms with Gasteiger partial charge < -0.3 is 0 Å². The summed E-state index contributed by atoms with van der Waals surface area (Å²) in [5.41, 5.74) is 0.842. The maximum Gasteiger partial charge on any atom is -0.0137 e. The van der Waals surface area contributed by atoms with Crippen LogP contribution in [0.5, 0.6) is 0 Å². The molecule has 0 aromatic carbocycles. The van der Waals surface area contributed by atoms with Gasteiger partial charge in [-0.3, -0.25) is 0 Å². The van der Waals surface area contributed by atoms with Crippen molar-refractivity contribution >= 4 is 0 Å². The van der Waals surface area contributed by atoms with Gasteiger partial charge >= 0.3 is 0 Å². The van der Waals surface area contributed by atoms with Crippen LogP contribution < -0.4 is 0 Å². The van der Waals surface area contributed by atoms with E-state index in [1.54, 1.807) is 0 Å². The number of hydrogen-bond donors (Lipinski definition) is 0. The molecule has 3 aliphatic rings. The second kappa shape index (κ2) is 0.706. The first-order valence-corrected chi connectivity index (χ1v) is 3.52. The van der Waals surface area contributed by atoms with Crippen LogP contribution in [0, 0.1) is 23.2 Å². The van der Waals surface area contributed by atoms with Crippen LogP contribution in [0.4, 0.5) is 0 Å².